The summed E-state index contributed by atoms with van der Waals surface area (Å²) in [6, 6.07) is 5.36. The molecule has 1 fully saturated rings. The van der Waals surface area contributed by atoms with Crippen LogP contribution in [0.3, 0.4) is 0 Å². The van der Waals surface area contributed by atoms with Gasteiger partial charge in [-0.2, -0.15) is 0 Å². The molecular formula is C13H19NO3. The van der Waals surface area contributed by atoms with Crippen LogP contribution in [-0.2, 0) is 5.54 Å². The van der Waals surface area contributed by atoms with Gasteiger partial charge in [0, 0.05) is 11.1 Å². The van der Waals surface area contributed by atoms with Gasteiger partial charge in [-0.3, -0.25) is 0 Å². The summed E-state index contributed by atoms with van der Waals surface area (Å²) in [6.07, 6.45) is 2.43. The zero-order valence-electron chi connectivity index (χ0n) is 10.0. The number of nitrogens with two attached hydrogens (primary N) is 1. The Balaban J connectivity index is 2.33. The lowest BCUT2D eigenvalue weighted by Crippen LogP contribution is -2.41. The number of aliphatic hydroxyl groups excluding tert-OH is 1. The molecule has 1 aromatic carbocycles. The van der Waals surface area contributed by atoms with Gasteiger partial charge in [-0.05, 0) is 31.7 Å². The van der Waals surface area contributed by atoms with Crippen molar-refractivity contribution in [2.75, 3.05) is 7.11 Å². The Hall–Kier alpha value is -1.26. The first-order valence-electron chi connectivity index (χ1n) is 5.90. The van der Waals surface area contributed by atoms with Crippen molar-refractivity contribution in [1.29, 1.82) is 0 Å². The molecule has 0 bridgehead atoms. The minimum Gasteiger partial charge on any atom is -0.504 e. The zero-order valence-corrected chi connectivity index (χ0v) is 10.0. The highest BCUT2D eigenvalue weighted by Crippen LogP contribution is 2.42. The van der Waals surface area contributed by atoms with Crippen molar-refractivity contribution in [2.24, 2.45) is 5.73 Å². The van der Waals surface area contributed by atoms with Crippen LogP contribution >= 0.6 is 0 Å². The molecular weight excluding hydrogens is 218 g/mol. The van der Waals surface area contributed by atoms with E-state index < -0.39 is 5.54 Å². The van der Waals surface area contributed by atoms with E-state index in [-0.39, 0.29) is 11.9 Å². The summed E-state index contributed by atoms with van der Waals surface area (Å²) in [7, 11) is 1.52. The van der Waals surface area contributed by atoms with Gasteiger partial charge in [0.1, 0.15) is 0 Å². The van der Waals surface area contributed by atoms with Crippen LogP contribution in [-0.4, -0.2) is 23.4 Å². The highest BCUT2D eigenvalue weighted by atomic mass is 16.5. The maximum absolute atomic E-state index is 10.1. The molecule has 17 heavy (non-hydrogen) atoms. The summed E-state index contributed by atoms with van der Waals surface area (Å²) >= 11 is 0. The largest absolute Gasteiger partial charge is 0.504 e. The fraction of sp³-hybridized carbons (Fsp3) is 0.538. The van der Waals surface area contributed by atoms with Gasteiger partial charge >= 0.3 is 0 Å². The Kier molecular flexibility index (Phi) is 3.26. The summed E-state index contributed by atoms with van der Waals surface area (Å²) in [5, 5.41) is 19.6. The number of benzene rings is 1. The molecule has 1 aromatic rings. The molecule has 0 aromatic heterocycles. The molecule has 4 nitrogen and oxygen atoms in total. The number of aromatic hydroxyl groups is 1. The molecule has 0 aliphatic heterocycles. The summed E-state index contributed by atoms with van der Waals surface area (Å²) < 4.78 is 5.09. The number of ether oxygens (including phenoxy) is 1. The number of aliphatic hydroxyl groups is 1. The van der Waals surface area contributed by atoms with Crippen molar-refractivity contribution in [3.63, 3.8) is 0 Å². The molecule has 0 spiro atoms. The average molecular weight is 237 g/mol. The van der Waals surface area contributed by atoms with Crippen LogP contribution in [0.5, 0.6) is 11.5 Å². The van der Waals surface area contributed by atoms with Gasteiger partial charge in [-0.1, -0.05) is 12.1 Å². The van der Waals surface area contributed by atoms with E-state index in [2.05, 4.69) is 0 Å². The number of rotatable bonds is 2. The first-order chi connectivity index (χ1) is 8.07. The lowest BCUT2D eigenvalue weighted by molar-refractivity contribution is 0.0959. The third-order valence-electron chi connectivity index (χ3n) is 3.60. The number of phenolic OH excluding ortho intramolecular Hbond substituents is 1. The number of phenols is 1. The van der Waals surface area contributed by atoms with Crippen LogP contribution in [0, 0.1) is 0 Å². The SMILES string of the molecule is COc1cccc(C2(N)CCC(O)CC2)c1O. The predicted octanol–water partition coefficient (Wildman–Crippen LogP) is 1.49. The highest BCUT2D eigenvalue weighted by Gasteiger charge is 2.35. The van der Waals surface area contributed by atoms with Crippen LogP contribution < -0.4 is 10.5 Å². The number of methoxy groups -OCH3 is 1. The molecule has 1 aliphatic rings. The van der Waals surface area contributed by atoms with E-state index in [1.165, 1.54) is 7.11 Å². The molecule has 0 atom stereocenters. The summed E-state index contributed by atoms with van der Waals surface area (Å²) in [5.74, 6) is 0.562. The van der Waals surface area contributed by atoms with E-state index in [9.17, 15) is 10.2 Å². The number of hydrogen-bond donors (Lipinski definition) is 3. The van der Waals surface area contributed by atoms with Crippen LogP contribution in [0.25, 0.3) is 0 Å². The quantitative estimate of drug-likeness (QED) is 0.728. The van der Waals surface area contributed by atoms with E-state index in [4.69, 9.17) is 10.5 Å². The topological polar surface area (TPSA) is 75.7 Å². The molecule has 94 valence electrons. The van der Waals surface area contributed by atoms with Gasteiger partial charge < -0.3 is 20.7 Å². The predicted molar refractivity (Wildman–Crippen MR) is 65.0 cm³/mol. The first kappa shape index (κ1) is 12.2. The van der Waals surface area contributed by atoms with Gasteiger partial charge in [0.05, 0.1) is 13.2 Å². The van der Waals surface area contributed by atoms with E-state index >= 15 is 0 Å². The van der Waals surface area contributed by atoms with Crippen LogP contribution in [0.15, 0.2) is 18.2 Å². The van der Waals surface area contributed by atoms with Crippen molar-refractivity contribution < 1.29 is 14.9 Å². The first-order valence-corrected chi connectivity index (χ1v) is 5.90. The molecule has 0 saturated heterocycles. The Morgan fingerprint density at radius 3 is 2.59 bits per heavy atom. The van der Waals surface area contributed by atoms with Gasteiger partial charge in [-0.15, -0.1) is 0 Å². The van der Waals surface area contributed by atoms with Crippen molar-refractivity contribution in [2.45, 2.75) is 37.3 Å². The average Bonchev–Trinajstić information content (AvgIpc) is 2.33. The van der Waals surface area contributed by atoms with Crippen LogP contribution in [0.4, 0.5) is 0 Å². The minimum atomic E-state index is -0.558. The Morgan fingerprint density at radius 1 is 1.35 bits per heavy atom. The second-order valence-electron chi connectivity index (χ2n) is 4.74. The minimum absolute atomic E-state index is 0.119. The number of hydrogen-bond acceptors (Lipinski definition) is 4. The molecule has 1 saturated carbocycles. The standard InChI is InChI=1S/C13H19NO3/c1-17-11-4-2-3-10(12(11)16)13(14)7-5-9(15)6-8-13/h2-4,9,15-16H,5-8,14H2,1H3. The molecule has 4 N–H and O–H groups in total. The van der Waals surface area contributed by atoms with E-state index in [0.29, 0.717) is 37.0 Å². The van der Waals surface area contributed by atoms with Gasteiger partial charge in [0.25, 0.3) is 0 Å². The molecule has 4 heteroatoms. The van der Waals surface area contributed by atoms with Gasteiger partial charge in [0.2, 0.25) is 0 Å². The monoisotopic (exact) mass is 237 g/mol. The van der Waals surface area contributed by atoms with Crippen LogP contribution in [0.2, 0.25) is 0 Å². The van der Waals surface area contributed by atoms with E-state index in [1.54, 1.807) is 6.07 Å². The van der Waals surface area contributed by atoms with Gasteiger partial charge in [-0.25, -0.2) is 0 Å². The zero-order chi connectivity index (χ0) is 12.5. The third kappa shape index (κ3) is 2.23. The van der Waals surface area contributed by atoms with Gasteiger partial charge in [0.15, 0.2) is 11.5 Å². The second kappa shape index (κ2) is 4.55. The fourth-order valence-electron chi connectivity index (χ4n) is 2.48. The maximum atomic E-state index is 10.1. The molecule has 0 radical (unpaired) electrons. The molecule has 0 unspecified atom stereocenters. The van der Waals surface area contributed by atoms with Crippen molar-refractivity contribution >= 4 is 0 Å². The summed E-state index contributed by atoms with van der Waals surface area (Å²) in [6.45, 7) is 0. The molecule has 0 amide bonds. The van der Waals surface area contributed by atoms with Crippen molar-refractivity contribution in [3.05, 3.63) is 23.8 Å². The Labute approximate surface area is 101 Å². The van der Waals surface area contributed by atoms with Crippen molar-refractivity contribution in [3.8, 4) is 11.5 Å². The summed E-state index contributed by atoms with van der Waals surface area (Å²) in [4.78, 5) is 0. The second-order valence-corrected chi connectivity index (χ2v) is 4.74. The summed E-state index contributed by atoms with van der Waals surface area (Å²) in [5.41, 5.74) is 6.49. The molecule has 1 aliphatic carbocycles. The maximum Gasteiger partial charge on any atom is 0.162 e. The Bertz CT molecular complexity index is 398. The Morgan fingerprint density at radius 2 is 2.00 bits per heavy atom. The lowest BCUT2D eigenvalue weighted by Gasteiger charge is -2.36. The molecule has 0 heterocycles. The third-order valence-corrected chi connectivity index (χ3v) is 3.60. The number of para-hydroxylation sites is 1. The lowest BCUT2D eigenvalue weighted by atomic mass is 9.76. The van der Waals surface area contributed by atoms with Crippen molar-refractivity contribution in [1.82, 2.24) is 0 Å². The van der Waals surface area contributed by atoms with Crippen LogP contribution in [0.1, 0.15) is 31.2 Å². The smallest absolute Gasteiger partial charge is 0.162 e. The fourth-order valence-corrected chi connectivity index (χ4v) is 2.48. The molecule has 2 rings (SSSR count). The van der Waals surface area contributed by atoms with E-state index in [1.807, 2.05) is 12.1 Å². The van der Waals surface area contributed by atoms with E-state index in [0.717, 1.165) is 0 Å². The highest BCUT2D eigenvalue weighted by molar-refractivity contribution is 5.48. The normalized spacial score (nSPS) is 29.0.